The zero-order valence-electron chi connectivity index (χ0n) is 28.4. The van der Waals surface area contributed by atoms with E-state index in [4.69, 9.17) is 4.98 Å². The lowest BCUT2D eigenvalue weighted by Crippen LogP contribution is -2.00. The zero-order chi connectivity index (χ0) is 34.4. The van der Waals surface area contributed by atoms with Crippen LogP contribution in [0, 0.1) is 0 Å². The van der Waals surface area contributed by atoms with Crippen molar-refractivity contribution in [3.8, 4) is 56.1 Å². The second kappa shape index (κ2) is 12.4. The van der Waals surface area contributed by atoms with Crippen LogP contribution in [0.15, 0.2) is 200 Å². The highest BCUT2D eigenvalue weighted by Crippen LogP contribution is 2.44. The molecule has 2 heterocycles. The molecule has 0 unspecified atom stereocenters. The fourth-order valence-corrected chi connectivity index (χ4v) is 7.94. The number of rotatable bonds is 6. The predicted molar refractivity (Wildman–Crippen MR) is 217 cm³/mol. The Morgan fingerprint density at radius 2 is 0.692 bits per heavy atom. The van der Waals surface area contributed by atoms with Crippen LogP contribution < -0.4 is 0 Å². The van der Waals surface area contributed by atoms with Gasteiger partial charge in [-0.2, -0.15) is 0 Å². The highest BCUT2D eigenvalue weighted by Gasteiger charge is 2.21. The summed E-state index contributed by atoms with van der Waals surface area (Å²) in [6.07, 6.45) is 0. The summed E-state index contributed by atoms with van der Waals surface area (Å²) in [5, 5.41) is 2.51. The van der Waals surface area contributed by atoms with E-state index in [1.165, 1.54) is 44.1 Å². The molecular weight excluding hydrogens is 631 g/mol. The van der Waals surface area contributed by atoms with Gasteiger partial charge in [0.05, 0.1) is 27.8 Å². The van der Waals surface area contributed by atoms with Gasteiger partial charge in [-0.1, -0.05) is 158 Å². The number of hydrogen-bond donors (Lipinski definition) is 0. The zero-order valence-corrected chi connectivity index (χ0v) is 28.4. The Morgan fingerprint density at radius 1 is 0.288 bits per heavy atom. The van der Waals surface area contributed by atoms with Crippen LogP contribution >= 0.6 is 0 Å². The third kappa shape index (κ3) is 4.79. The summed E-state index contributed by atoms with van der Waals surface area (Å²) < 4.78 is 4.71. The second-order valence-electron chi connectivity index (χ2n) is 13.1. The minimum Gasteiger partial charge on any atom is -0.309 e. The van der Waals surface area contributed by atoms with E-state index in [0.29, 0.717) is 0 Å². The SMILES string of the molecule is c1ccc(-n2c(-c3ccccc3-c3ccccc3-c3ccccc3-c3ccccc3-n3c4ccccc4c4ccccc43)nc3ccccc32)cc1. The van der Waals surface area contributed by atoms with Crippen LogP contribution in [0.25, 0.3) is 89.0 Å². The summed E-state index contributed by atoms with van der Waals surface area (Å²) in [4.78, 5) is 5.26. The Kier molecular flexibility index (Phi) is 7.14. The lowest BCUT2D eigenvalue weighted by atomic mass is 9.87. The maximum atomic E-state index is 5.26. The Hall–Kier alpha value is -6.97. The lowest BCUT2D eigenvalue weighted by molar-refractivity contribution is 1.10. The molecule has 0 fully saturated rings. The molecule has 0 bridgehead atoms. The van der Waals surface area contributed by atoms with Crippen LogP contribution in [0.5, 0.6) is 0 Å². The molecule has 10 rings (SSSR count). The Balaban J connectivity index is 1.19. The van der Waals surface area contributed by atoms with Gasteiger partial charge in [0.2, 0.25) is 0 Å². The van der Waals surface area contributed by atoms with Crippen molar-refractivity contribution in [2.75, 3.05) is 0 Å². The predicted octanol–water partition coefficient (Wildman–Crippen LogP) is 12.8. The van der Waals surface area contributed by atoms with Crippen molar-refractivity contribution in [1.82, 2.24) is 14.1 Å². The largest absolute Gasteiger partial charge is 0.309 e. The van der Waals surface area contributed by atoms with Crippen LogP contribution in [0.1, 0.15) is 0 Å². The number of hydrogen-bond acceptors (Lipinski definition) is 1. The van der Waals surface area contributed by atoms with Gasteiger partial charge in [-0.3, -0.25) is 4.57 Å². The van der Waals surface area contributed by atoms with Crippen molar-refractivity contribution in [3.63, 3.8) is 0 Å². The molecule has 0 aliphatic heterocycles. The number of benzene rings is 8. The van der Waals surface area contributed by atoms with Crippen molar-refractivity contribution in [3.05, 3.63) is 200 Å². The van der Waals surface area contributed by atoms with Crippen LogP contribution in [0.4, 0.5) is 0 Å². The minimum atomic E-state index is 0.919. The van der Waals surface area contributed by atoms with E-state index < -0.39 is 0 Å². The van der Waals surface area contributed by atoms with E-state index >= 15 is 0 Å². The van der Waals surface area contributed by atoms with E-state index in [-0.39, 0.29) is 0 Å². The molecule has 244 valence electrons. The molecular formula is C49H33N3. The first-order valence-corrected chi connectivity index (χ1v) is 17.7. The van der Waals surface area contributed by atoms with Crippen LogP contribution in [0.2, 0.25) is 0 Å². The molecule has 2 aromatic heterocycles. The van der Waals surface area contributed by atoms with Gasteiger partial charge in [0.15, 0.2) is 0 Å². The normalized spacial score (nSPS) is 11.5. The van der Waals surface area contributed by atoms with Gasteiger partial charge in [-0.15, -0.1) is 0 Å². The van der Waals surface area contributed by atoms with Gasteiger partial charge in [0.25, 0.3) is 0 Å². The fourth-order valence-electron chi connectivity index (χ4n) is 7.94. The Labute approximate surface area is 302 Å². The van der Waals surface area contributed by atoms with Gasteiger partial charge in [0.1, 0.15) is 5.82 Å². The van der Waals surface area contributed by atoms with E-state index in [1.54, 1.807) is 0 Å². The lowest BCUT2D eigenvalue weighted by Gasteiger charge is -2.19. The quantitative estimate of drug-likeness (QED) is 0.174. The molecule has 0 amide bonds. The molecule has 0 spiro atoms. The molecule has 0 atom stereocenters. The maximum absolute atomic E-state index is 5.26. The molecule has 0 saturated carbocycles. The number of imidazole rings is 1. The molecule has 3 heteroatoms. The summed E-state index contributed by atoms with van der Waals surface area (Å²) in [7, 11) is 0. The number of fused-ring (bicyclic) bond motifs is 4. The van der Waals surface area contributed by atoms with Crippen molar-refractivity contribution in [2.24, 2.45) is 0 Å². The van der Waals surface area contributed by atoms with Crippen LogP contribution in [-0.2, 0) is 0 Å². The van der Waals surface area contributed by atoms with E-state index in [2.05, 4.69) is 209 Å². The third-order valence-corrected chi connectivity index (χ3v) is 10.2. The topological polar surface area (TPSA) is 22.8 Å². The highest BCUT2D eigenvalue weighted by molar-refractivity contribution is 6.10. The molecule has 0 N–H and O–H groups in total. The van der Waals surface area contributed by atoms with E-state index in [9.17, 15) is 0 Å². The molecule has 52 heavy (non-hydrogen) atoms. The van der Waals surface area contributed by atoms with Gasteiger partial charge < -0.3 is 4.57 Å². The molecule has 8 aromatic carbocycles. The number of para-hydroxylation sites is 6. The fraction of sp³-hybridized carbons (Fsp3) is 0. The van der Waals surface area contributed by atoms with Crippen LogP contribution in [0.3, 0.4) is 0 Å². The standard InChI is InChI=1S/C49H33N3/c1-2-18-34(19-3-1)51-48-33-17-13-29-44(48)50-49(51)43-28-9-8-24-39(43)37-22-5-4-20-35(37)36-21-6-7-23-38(36)40-25-10-14-30-45(40)52-46-31-15-11-26-41(46)42-27-12-16-32-47(42)52/h1-33H. The summed E-state index contributed by atoms with van der Waals surface area (Å²) in [6.45, 7) is 0. The van der Waals surface area contributed by atoms with Crippen molar-refractivity contribution in [1.29, 1.82) is 0 Å². The molecule has 0 radical (unpaired) electrons. The van der Waals surface area contributed by atoms with Gasteiger partial charge >= 0.3 is 0 Å². The van der Waals surface area contributed by atoms with E-state index in [0.717, 1.165) is 44.9 Å². The van der Waals surface area contributed by atoms with Crippen molar-refractivity contribution < 1.29 is 0 Å². The molecule has 3 nitrogen and oxygen atoms in total. The summed E-state index contributed by atoms with van der Waals surface area (Å²) in [5.74, 6) is 0.919. The smallest absolute Gasteiger partial charge is 0.146 e. The van der Waals surface area contributed by atoms with Crippen molar-refractivity contribution in [2.45, 2.75) is 0 Å². The first kappa shape index (κ1) is 29.9. The Morgan fingerprint density at radius 3 is 1.29 bits per heavy atom. The third-order valence-electron chi connectivity index (χ3n) is 10.2. The molecule has 0 aliphatic rings. The average molecular weight is 664 g/mol. The average Bonchev–Trinajstić information content (AvgIpc) is 3.78. The molecule has 0 aliphatic carbocycles. The highest BCUT2D eigenvalue weighted by atomic mass is 15.1. The monoisotopic (exact) mass is 663 g/mol. The van der Waals surface area contributed by atoms with Gasteiger partial charge in [0, 0.05) is 27.6 Å². The second-order valence-corrected chi connectivity index (χ2v) is 13.1. The summed E-state index contributed by atoms with van der Waals surface area (Å²) in [6, 6.07) is 71.5. The van der Waals surface area contributed by atoms with Gasteiger partial charge in [-0.05, 0) is 70.3 Å². The molecule has 0 saturated heterocycles. The van der Waals surface area contributed by atoms with Gasteiger partial charge in [-0.25, -0.2) is 4.98 Å². The summed E-state index contributed by atoms with van der Waals surface area (Å²) >= 11 is 0. The summed E-state index contributed by atoms with van der Waals surface area (Å²) in [5.41, 5.74) is 14.8. The Bertz CT molecular complexity index is 2860. The first-order chi connectivity index (χ1) is 25.8. The number of nitrogens with zero attached hydrogens (tertiary/aromatic N) is 3. The van der Waals surface area contributed by atoms with Crippen LogP contribution in [-0.4, -0.2) is 14.1 Å². The minimum absolute atomic E-state index is 0.919. The van der Waals surface area contributed by atoms with E-state index in [1.807, 2.05) is 0 Å². The first-order valence-electron chi connectivity index (χ1n) is 17.7. The van der Waals surface area contributed by atoms with Crippen molar-refractivity contribution >= 4 is 32.8 Å². The maximum Gasteiger partial charge on any atom is 0.146 e. The molecule has 10 aromatic rings. The number of aromatic nitrogens is 3.